The zero-order valence-electron chi connectivity index (χ0n) is 23.6. The van der Waals surface area contributed by atoms with Gasteiger partial charge in [0.25, 0.3) is 0 Å². The Hall–Kier alpha value is -2.77. The molecule has 0 atom stereocenters. The third-order valence-electron chi connectivity index (χ3n) is 5.71. The number of amidine groups is 2. The Morgan fingerprint density at radius 1 is 1.03 bits per heavy atom. The van der Waals surface area contributed by atoms with E-state index in [2.05, 4.69) is 41.7 Å². The highest BCUT2D eigenvalue weighted by atomic mass is 16.5. The van der Waals surface area contributed by atoms with Gasteiger partial charge < -0.3 is 26.6 Å². The summed E-state index contributed by atoms with van der Waals surface area (Å²) in [6, 6.07) is 0. The minimum absolute atomic E-state index is 0.113. The molecule has 0 amide bonds. The summed E-state index contributed by atoms with van der Waals surface area (Å²) in [6.45, 7) is 20.6. The van der Waals surface area contributed by atoms with Crippen molar-refractivity contribution in [1.29, 1.82) is 0 Å². The Labute approximate surface area is 219 Å². The van der Waals surface area contributed by atoms with Crippen LogP contribution >= 0.6 is 0 Å². The zero-order valence-corrected chi connectivity index (χ0v) is 23.6. The van der Waals surface area contributed by atoms with E-state index in [0.717, 1.165) is 62.5 Å². The van der Waals surface area contributed by atoms with Crippen LogP contribution in [0.4, 0.5) is 0 Å². The lowest BCUT2D eigenvalue weighted by atomic mass is 9.78. The minimum Gasteiger partial charge on any atom is -0.481 e. The van der Waals surface area contributed by atoms with Crippen LogP contribution < -0.4 is 16.8 Å². The monoisotopic (exact) mass is 505 g/mol. The molecule has 0 rings (SSSR count). The average molecular weight is 506 g/mol. The number of carboxylic acids is 1. The number of rotatable bonds is 20. The second kappa shape index (κ2) is 16.8. The van der Waals surface area contributed by atoms with E-state index in [9.17, 15) is 4.79 Å². The summed E-state index contributed by atoms with van der Waals surface area (Å²) in [5.74, 6) is 0.423. The van der Waals surface area contributed by atoms with Crippen LogP contribution in [0.2, 0.25) is 0 Å². The van der Waals surface area contributed by atoms with Crippen LogP contribution in [-0.2, 0) is 9.53 Å². The normalized spacial score (nSPS) is 13.4. The number of hydrogen-bond donors (Lipinski definition) is 4. The molecule has 206 valence electrons. The van der Waals surface area contributed by atoms with E-state index in [0.29, 0.717) is 30.6 Å². The highest BCUT2D eigenvalue weighted by Gasteiger charge is 2.31. The molecule has 8 nitrogen and oxygen atoms in total. The van der Waals surface area contributed by atoms with Crippen LogP contribution in [-0.4, -0.2) is 34.9 Å². The van der Waals surface area contributed by atoms with E-state index in [1.54, 1.807) is 0 Å². The number of hydrogen-bond acceptors (Lipinski definition) is 5. The first-order valence-electron chi connectivity index (χ1n) is 13.1. The molecule has 0 aromatic carbocycles. The highest BCUT2D eigenvalue weighted by molar-refractivity contribution is 5.99. The average Bonchev–Trinajstić information content (AvgIpc) is 2.74. The Kier molecular flexibility index (Phi) is 15.5. The molecule has 0 fully saturated rings. The molecule has 0 saturated heterocycles. The van der Waals surface area contributed by atoms with Crippen molar-refractivity contribution in [2.45, 2.75) is 111 Å². The number of allylic oxidation sites excluding steroid dienone is 1. The van der Waals surface area contributed by atoms with Gasteiger partial charge in [0, 0.05) is 5.54 Å². The maximum Gasteiger partial charge on any atom is 0.303 e. The van der Waals surface area contributed by atoms with Gasteiger partial charge in [-0.15, -0.1) is 10.2 Å². The predicted octanol–water partition coefficient (Wildman–Crippen LogP) is 6.01. The number of carboxylic acid groups (broad SMARTS) is 1. The zero-order chi connectivity index (χ0) is 27.8. The van der Waals surface area contributed by atoms with Gasteiger partial charge in [0.2, 0.25) is 0 Å². The largest absolute Gasteiger partial charge is 0.481 e. The first-order valence-corrected chi connectivity index (χ1v) is 13.1. The molecule has 0 heterocycles. The fraction of sp³-hybridized carbons (Fsp3) is 0.679. The van der Waals surface area contributed by atoms with E-state index in [1.165, 1.54) is 0 Å². The second-order valence-electron chi connectivity index (χ2n) is 10.8. The fourth-order valence-corrected chi connectivity index (χ4v) is 4.23. The smallest absolute Gasteiger partial charge is 0.303 e. The molecule has 0 unspecified atom stereocenters. The van der Waals surface area contributed by atoms with Crippen molar-refractivity contribution < 1.29 is 14.6 Å². The van der Waals surface area contributed by atoms with Gasteiger partial charge >= 0.3 is 5.97 Å². The lowest BCUT2D eigenvalue weighted by molar-refractivity contribution is -0.139. The van der Waals surface area contributed by atoms with Gasteiger partial charge in [0.15, 0.2) is 5.88 Å². The molecule has 0 aliphatic rings. The molecule has 0 aromatic heterocycles. The van der Waals surface area contributed by atoms with E-state index in [-0.39, 0.29) is 17.4 Å². The van der Waals surface area contributed by atoms with Crippen LogP contribution in [0.1, 0.15) is 106 Å². The Balaban J connectivity index is 4.52. The van der Waals surface area contributed by atoms with Crippen molar-refractivity contribution in [3.63, 3.8) is 0 Å². The van der Waals surface area contributed by atoms with Crippen molar-refractivity contribution >= 4 is 17.6 Å². The molecule has 0 bridgehead atoms. The summed E-state index contributed by atoms with van der Waals surface area (Å²) in [7, 11) is 0. The predicted molar refractivity (Wildman–Crippen MR) is 152 cm³/mol. The van der Waals surface area contributed by atoms with E-state index in [4.69, 9.17) is 21.3 Å². The summed E-state index contributed by atoms with van der Waals surface area (Å²) in [5.41, 5.74) is 13.2. The van der Waals surface area contributed by atoms with Crippen molar-refractivity contribution in [2.75, 3.05) is 6.61 Å². The van der Waals surface area contributed by atoms with E-state index >= 15 is 0 Å². The summed E-state index contributed by atoms with van der Waals surface area (Å²) in [4.78, 5) is 11.1. The summed E-state index contributed by atoms with van der Waals surface area (Å²) >= 11 is 0. The van der Waals surface area contributed by atoms with Crippen LogP contribution in [0.15, 0.2) is 46.5 Å². The van der Waals surface area contributed by atoms with Crippen LogP contribution in [0, 0.1) is 5.41 Å². The summed E-state index contributed by atoms with van der Waals surface area (Å²) in [5, 5.41) is 20.6. The number of aliphatic carboxylic acids is 1. The fourth-order valence-electron chi connectivity index (χ4n) is 4.23. The van der Waals surface area contributed by atoms with E-state index in [1.807, 2.05) is 34.6 Å². The van der Waals surface area contributed by atoms with Crippen molar-refractivity contribution in [1.82, 2.24) is 5.32 Å². The van der Waals surface area contributed by atoms with Crippen LogP contribution in [0.5, 0.6) is 0 Å². The van der Waals surface area contributed by atoms with Crippen molar-refractivity contribution in [3.05, 3.63) is 36.3 Å². The van der Waals surface area contributed by atoms with Crippen LogP contribution in [0.3, 0.4) is 0 Å². The number of ether oxygens (including phenoxy) is 1. The Morgan fingerprint density at radius 2 is 1.67 bits per heavy atom. The van der Waals surface area contributed by atoms with Gasteiger partial charge in [0.05, 0.1) is 13.0 Å². The first-order chi connectivity index (χ1) is 16.7. The molecular formula is C28H51N5O3. The molecule has 0 saturated carbocycles. The number of unbranched alkanes of at least 4 members (excludes halogenated alkanes) is 4. The highest BCUT2D eigenvalue weighted by Crippen LogP contribution is 2.31. The lowest BCUT2D eigenvalue weighted by Gasteiger charge is -2.35. The minimum atomic E-state index is -0.792. The van der Waals surface area contributed by atoms with Gasteiger partial charge in [-0.3, -0.25) is 4.79 Å². The van der Waals surface area contributed by atoms with Crippen molar-refractivity contribution in [2.24, 2.45) is 27.1 Å². The van der Waals surface area contributed by atoms with Gasteiger partial charge in [-0.1, -0.05) is 53.2 Å². The van der Waals surface area contributed by atoms with Crippen LogP contribution in [0.25, 0.3) is 0 Å². The molecule has 36 heavy (non-hydrogen) atoms. The Morgan fingerprint density at radius 3 is 2.25 bits per heavy atom. The van der Waals surface area contributed by atoms with E-state index < -0.39 is 5.97 Å². The molecule has 0 aromatic rings. The van der Waals surface area contributed by atoms with Gasteiger partial charge in [0.1, 0.15) is 11.7 Å². The number of carbonyl (C=O) groups is 1. The number of nitrogens with one attached hydrogen (secondary N) is 1. The molecule has 0 aliphatic heterocycles. The maximum absolute atomic E-state index is 11.1. The topological polar surface area (TPSA) is 135 Å². The second-order valence-corrected chi connectivity index (χ2v) is 10.8. The molecule has 0 spiro atoms. The molecule has 0 radical (unpaired) electrons. The number of nitrogens with two attached hydrogens (primary N) is 2. The quantitative estimate of drug-likeness (QED) is 0.0526. The third-order valence-corrected chi connectivity index (χ3v) is 5.71. The third kappa shape index (κ3) is 16.0. The molecule has 0 aliphatic carbocycles. The molecule has 6 N–H and O–H groups in total. The molecular weight excluding hydrogens is 454 g/mol. The van der Waals surface area contributed by atoms with Gasteiger partial charge in [-0.2, -0.15) is 0 Å². The first kappa shape index (κ1) is 33.2. The lowest BCUT2D eigenvalue weighted by Crippen LogP contribution is -2.43. The Bertz CT molecular complexity index is 810. The summed E-state index contributed by atoms with van der Waals surface area (Å²) < 4.78 is 5.75. The standard InChI is InChI=1S/C28H51N5O3/c1-9-11-13-16-21(3)25(29)32-33-26(30)23(10-2)17-14-12-15-18-36-22(4)31-28(7,8)20-27(5,6)19-24(34)35/h17,31H,3-4,9-16,18-20H2,1-2,5-8H3,(H2,29,32)(H2,30,33)(H,34,35)/b23-17+. The number of nitrogens with zero attached hydrogens (tertiary/aromatic N) is 2. The summed E-state index contributed by atoms with van der Waals surface area (Å²) in [6.07, 6.45) is 10.4. The molecule has 8 heteroatoms. The maximum atomic E-state index is 11.1. The van der Waals surface area contributed by atoms with Gasteiger partial charge in [-0.05, 0) is 81.9 Å². The van der Waals surface area contributed by atoms with Crippen molar-refractivity contribution in [3.8, 4) is 0 Å². The van der Waals surface area contributed by atoms with Gasteiger partial charge in [-0.25, -0.2) is 0 Å². The SMILES string of the molecule is C=C(NC(C)(C)CC(C)(C)CC(=O)O)OCCCC/C=C(CC)/C(N)=N/N=C(\N)C(=C)CCCCC.